The molecule has 0 aromatic carbocycles. The van der Waals surface area contributed by atoms with Crippen molar-refractivity contribution >= 4 is 44.8 Å². The van der Waals surface area contributed by atoms with Crippen LogP contribution >= 0.6 is 0 Å². The number of aryl methyl sites for hydroxylation is 3. The van der Waals surface area contributed by atoms with Gasteiger partial charge in [0.2, 0.25) is 10.0 Å². The summed E-state index contributed by atoms with van der Waals surface area (Å²) in [6.45, 7) is 7.34. The Kier molecular flexibility index (Phi) is 7.82. The van der Waals surface area contributed by atoms with Crippen molar-refractivity contribution in [2.75, 3.05) is 34.8 Å². The Labute approximate surface area is 204 Å². The van der Waals surface area contributed by atoms with Crippen molar-refractivity contribution in [1.29, 1.82) is 0 Å². The molecule has 3 aromatic rings. The van der Waals surface area contributed by atoms with E-state index in [1.165, 1.54) is 13.2 Å². The van der Waals surface area contributed by atoms with E-state index in [4.69, 9.17) is 4.84 Å². The van der Waals surface area contributed by atoms with Crippen LogP contribution < -0.4 is 20.4 Å². The number of hydroxylamine groups is 1. The number of pyridine rings is 2. The molecule has 186 valence electrons. The van der Waals surface area contributed by atoms with Crippen molar-refractivity contribution in [3.05, 3.63) is 53.2 Å². The second-order valence-electron chi connectivity index (χ2n) is 7.69. The van der Waals surface area contributed by atoms with Crippen molar-refractivity contribution < 1.29 is 18.0 Å². The maximum atomic E-state index is 13.1. The largest absolute Gasteiger partial charge is 0.352 e. The molecule has 0 saturated heterocycles. The van der Waals surface area contributed by atoms with Gasteiger partial charge in [0.1, 0.15) is 23.0 Å². The van der Waals surface area contributed by atoms with Crippen LogP contribution in [0.5, 0.6) is 0 Å². The Bertz CT molecular complexity index is 1330. The number of hydrogen-bond acceptors (Lipinski definition) is 10. The number of nitrogens with one attached hydrogen (secondary N) is 3. The van der Waals surface area contributed by atoms with Gasteiger partial charge in [0.05, 0.1) is 24.2 Å². The summed E-state index contributed by atoms with van der Waals surface area (Å²) in [5, 5.41) is 6.20. The van der Waals surface area contributed by atoms with Gasteiger partial charge in [-0.25, -0.2) is 33.8 Å². The van der Waals surface area contributed by atoms with Gasteiger partial charge < -0.3 is 10.6 Å². The van der Waals surface area contributed by atoms with Crippen molar-refractivity contribution in [3.8, 4) is 0 Å². The van der Waals surface area contributed by atoms with Crippen molar-refractivity contribution in [2.45, 2.75) is 27.7 Å². The fourth-order valence-corrected chi connectivity index (χ4v) is 3.62. The van der Waals surface area contributed by atoms with Crippen molar-refractivity contribution in [1.82, 2.24) is 25.4 Å². The van der Waals surface area contributed by atoms with Crippen LogP contribution in [0, 0.1) is 20.8 Å². The van der Waals surface area contributed by atoms with Crippen LogP contribution in [0.1, 0.15) is 34.5 Å². The van der Waals surface area contributed by atoms with Gasteiger partial charge in [-0.2, -0.15) is 0 Å². The lowest BCUT2D eigenvalue weighted by atomic mass is 10.1. The molecule has 3 aromatic heterocycles. The van der Waals surface area contributed by atoms with Crippen LogP contribution in [0.3, 0.4) is 0 Å². The predicted octanol–water partition coefficient (Wildman–Crippen LogP) is 2.76. The minimum absolute atomic E-state index is 0.128. The fraction of sp³-hybridized carbons (Fsp3) is 0.318. The normalized spacial score (nSPS) is 11.1. The fourth-order valence-electron chi connectivity index (χ4n) is 3.16. The third-order valence-corrected chi connectivity index (χ3v) is 5.95. The first kappa shape index (κ1) is 25.8. The lowest BCUT2D eigenvalue weighted by Crippen LogP contribution is -2.27. The lowest BCUT2D eigenvalue weighted by molar-refractivity contribution is 0.0366. The molecule has 0 aliphatic rings. The first-order valence-corrected chi connectivity index (χ1v) is 12.5. The van der Waals surface area contributed by atoms with Gasteiger partial charge in [-0.3, -0.25) is 13.9 Å². The van der Waals surface area contributed by atoms with Crippen LogP contribution in [0.25, 0.3) is 0 Å². The molecule has 0 atom stereocenters. The minimum Gasteiger partial charge on any atom is -0.352 e. The highest BCUT2D eigenvalue weighted by Crippen LogP contribution is 2.32. The van der Waals surface area contributed by atoms with E-state index in [9.17, 15) is 13.2 Å². The van der Waals surface area contributed by atoms with Gasteiger partial charge >= 0.3 is 0 Å². The van der Waals surface area contributed by atoms with E-state index >= 15 is 0 Å². The van der Waals surface area contributed by atoms with Crippen LogP contribution in [-0.2, 0) is 14.9 Å². The zero-order chi connectivity index (χ0) is 25.8. The molecule has 0 radical (unpaired) electrons. The number of aromatic nitrogens is 4. The number of nitrogens with zero attached hydrogens (tertiary/aromatic N) is 5. The third-order valence-electron chi connectivity index (χ3n) is 4.78. The quantitative estimate of drug-likeness (QED) is 0.374. The molecule has 3 rings (SSSR count). The average Bonchev–Trinajstić information content (AvgIpc) is 2.77. The van der Waals surface area contributed by atoms with Gasteiger partial charge in [-0.05, 0) is 45.9 Å². The van der Waals surface area contributed by atoms with Crippen LogP contribution in [0.4, 0.5) is 28.8 Å². The molecule has 0 aliphatic carbocycles. The molecule has 0 saturated carbocycles. The van der Waals surface area contributed by atoms with Crippen LogP contribution in [0.2, 0.25) is 0 Å². The third kappa shape index (κ3) is 6.39. The maximum absolute atomic E-state index is 13.1. The van der Waals surface area contributed by atoms with E-state index in [2.05, 4.69) is 36.0 Å². The number of carbonyl (C=O) groups excluding carboxylic acids is 1. The summed E-state index contributed by atoms with van der Waals surface area (Å²) < 4.78 is 25.5. The summed E-state index contributed by atoms with van der Waals surface area (Å²) in [7, 11) is -2.18. The standard InChI is InChI=1S/C22H28N8O4S/c1-7-34-29-22(31)19-16(10-11-23-20(19)28-18-12-14(3)24-15(4)26-18)27-17-9-8-13(2)25-21(17)30(5)35(6,32)33/h8-12H,7H2,1-6H3,(H,29,31)(H2,23,24,26,27,28). The topological polar surface area (TPSA) is 151 Å². The van der Waals surface area contributed by atoms with Gasteiger partial charge in [0.15, 0.2) is 5.82 Å². The Morgan fingerprint density at radius 2 is 1.77 bits per heavy atom. The first-order valence-electron chi connectivity index (χ1n) is 10.7. The van der Waals surface area contributed by atoms with E-state index in [1.54, 1.807) is 45.0 Å². The molecular weight excluding hydrogens is 472 g/mol. The highest BCUT2D eigenvalue weighted by molar-refractivity contribution is 7.92. The highest BCUT2D eigenvalue weighted by Gasteiger charge is 2.22. The van der Waals surface area contributed by atoms with Gasteiger partial charge in [-0.15, -0.1) is 0 Å². The molecule has 0 spiro atoms. The van der Waals surface area contributed by atoms with Gasteiger partial charge in [0.25, 0.3) is 5.91 Å². The predicted molar refractivity (Wildman–Crippen MR) is 134 cm³/mol. The maximum Gasteiger partial charge on any atom is 0.280 e. The number of amides is 1. The lowest BCUT2D eigenvalue weighted by Gasteiger charge is -2.21. The molecule has 0 unspecified atom stereocenters. The summed E-state index contributed by atoms with van der Waals surface area (Å²) in [4.78, 5) is 35.5. The van der Waals surface area contributed by atoms with Crippen LogP contribution in [0.15, 0.2) is 30.5 Å². The Hall–Kier alpha value is -3.84. The number of hydrogen-bond donors (Lipinski definition) is 3. The molecule has 35 heavy (non-hydrogen) atoms. The van der Waals surface area contributed by atoms with E-state index in [-0.39, 0.29) is 23.8 Å². The van der Waals surface area contributed by atoms with E-state index < -0.39 is 15.9 Å². The molecule has 13 heteroatoms. The average molecular weight is 501 g/mol. The Morgan fingerprint density at radius 1 is 1.03 bits per heavy atom. The molecule has 1 amide bonds. The summed E-state index contributed by atoms with van der Waals surface area (Å²) in [5.74, 6) is 0.839. The van der Waals surface area contributed by atoms with E-state index in [0.717, 1.165) is 16.3 Å². The van der Waals surface area contributed by atoms with Crippen molar-refractivity contribution in [2.24, 2.45) is 0 Å². The zero-order valence-electron chi connectivity index (χ0n) is 20.4. The number of sulfonamides is 1. The van der Waals surface area contributed by atoms with Gasteiger partial charge in [0, 0.05) is 30.7 Å². The Balaban J connectivity index is 2.10. The SMILES string of the molecule is CCONC(=O)c1c(Nc2ccc(C)nc2N(C)S(C)(=O)=O)ccnc1Nc1cc(C)nc(C)n1. The summed E-state index contributed by atoms with van der Waals surface area (Å²) >= 11 is 0. The number of carbonyl (C=O) groups is 1. The van der Waals surface area contributed by atoms with E-state index in [0.29, 0.717) is 28.7 Å². The molecule has 0 fully saturated rings. The Morgan fingerprint density at radius 3 is 2.43 bits per heavy atom. The monoisotopic (exact) mass is 500 g/mol. The minimum atomic E-state index is -3.59. The smallest absolute Gasteiger partial charge is 0.280 e. The first-order chi connectivity index (χ1) is 16.5. The molecule has 0 aliphatic heterocycles. The summed E-state index contributed by atoms with van der Waals surface area (Å²) in [6, 6.07) is 6.73. The molecule has 0 bridgehead atoms. The van der Waals surface area contributed by atoms with Crippen LogP contribution in [-0.4, -0.2) is 54.2 Å². The van der Waals surface area contributed by atoms with Crippen molar-refractivity contribution in [3.63, 3.8) is 0 Å². The number of rotatable bonds is 9. The molecular formula is C22H28N8O4S. The number of anilines is 5. The second kappa shape index (κ2) is 10.6. The molecule has 3 heterocycles. The molecule has 12 nitrogen and oxygen atoms in total. The molecule has 3 N–H and O–H groups in total. The highest BCUT2D eigenvalue weighted by atomic mass is 32.2. The zero-order valence-corrected chi connectivity index (χ0v) is 21.2. The second-order valence-corrected chi connectivity index (χ2v) is 9.71. The summed E-state index contributed by atoms with van der Waals surface area (Å²) in [5.41, 5.74) is 4.60. The summed E-state index contributed by atoms with van der Waals surface area (Å²) in [6.07, 6.45) is 2.59. The van der Waals surface area contributed by atoms with Gasteiger partial charge in [-0.1, -0.05) is 0 Å². The van der Waals surface area contributed by atoms with E-state index in [1.807, 2.05) is 6.92 Å².